The SMILES string of the molecule is Cc1ccc(NC(=O)CSc2ccc(N3CCN(c4ccccc4)CC3)nn2)c(Cl)c1. The number of nitrogens with one attached hydrogen (secondary N) is 1. The number of anilines is 3. The van der Waals surface area contributed by atoms with E-state index in [1.165, 1.54) is 17.4 Å². The van der Waals surface area contributed by atoms with E-state index in [0.717, 1.165) is 42.6 Å². The van der Waals surface area contributed by atoms with Crippen LogP contribution in [-0.2, 0) is 4.79 Å². The van der Waals surface area contributed by atoms with Gasteiger partial charge in [-0.25, -0.2) is 0 Å². The van der Waals surface area contributed by atoms with Gasteiger partial charge in [-0.2, -0.15) is 0 Å². The Kier molecular flexibility index (Phi) is 6.94. The van der Waals surface area contributed by atoms with Crippen molar-refractivity contribution in [3.63, 3.8) is 0 Å². The van der Waals surface area contributed by atoms with Gasteiger partial charge in [-0.05, 0) is 48.9 Å². The quantitative estimate of drug-likeness (QED) is 0.554. The minimum atomic E-state index is -0.126. The van der Waals surface area contributed by atoms with Crippen LogP contribution in [0.1, 0.15) is 5.56 Å². The van der Waals surface area contributed by atoms with E-state index < -0.39 is 0 Å². The summed E-state index contributed by atoms with van der Waals surface area (Å²) in [6.07, 6.45) is 0. The normalized spacial score (nSPS) is 13.9. The second-order valence-corrected chi connectivity index (χ2v) is 8.76. The first-order chi connectivity index (χ1) is 15.1. The van der Waals surface area contributed by atoms with Crippen molar-refractivity contribution in [2.75, 3.05) is 47.0 Å². The summed E-state index contributed by atoms with van der Waals surface area (Å²) in [5.41, 5.74) is 2.92. The molecular weight excluding hydrogens is 430 g/mol. The molecule has 4 rings (SSSR count). The molecule has 0 spiro atoms. The molecule has 6 nitrogen and oxygen atoms in total. The molecule has 0 saturated carbocycles. The zero-order chi connectivity index (χ0) is 21.6. The molecular formula is C23H24ClN5OS. The van der Waals surface area contributed by atoms with Crippen LogP contribution >= 0.6 is 23.4 Å². The van der Waals surface area contributed by atoms with Gasteiger partial charge in [0, 0.05) is 31.9 Å². The maximum absolute atomic E-state index is 12.2. The molecule has 8 heteroatoms. The molecule has 2 heterocycles. The number of carbonyl (C=O) groups is 1. The van der Waals surface area contributed by atoms with Crippen LogP contribution in [0.25, 0.3) is 0 Å². The van der Waals surface area contributed by atoms with E-state index in [0.29, 0.717) is 10.7 Å². The molecule has 0 unspecified atom stereocenters. The van der Waals surface area contributed by atoms with Crippen molar-refractivity contribution in [2.24, 2.45) is 0 Å². The third kappa shape index (κ3) is 5.68. The Morgan fingerprint density at radius 1 is 1.00 bits per heavy atom. The van der Waals surface area contributed by atoms with Gasteiger partial charge in [0.15, 0.2) is 5.82 Å². The molecule has 160 valence electrons. The standard InChI is InChI=1S/C23H24ClN5OS/c1-17-7-8-20(19(24)15-17)25-22(30)16-31-23-10-9-21(26-27-23)29-13-11-28(12-14-29)18-5-3-2-4-6-18/h2-10,15H,11-14,16H2,1H3,(H,25,30). The lowest BCUT2D eigenvalue weighted by Gasteiger charge is -2.36. The fourth-order valence-electron chi connectivity index (χ4n) is 3.44. The first-order valence-electron chi connectivity index (χ1n) is 10.2. The van der Waals surface area contributed by atoms with Gasteiger partial charge in [-0.3, -0.25) is 4.79 Å². The Labute approximate surface area is 191 Å². The molecule has 1 N–H and O–H groups in total. The number of piperazine rings is 1. The molecule has 1 aliphatic heterocycles. The molecule has 1 fully saturated rings. The first-order valence-corrected chi connectivity index (χ1v) is 11.5. The Hall–Kier alpha value is -2.77. The van der Waals surface area contributed by atoms with Crippen LogP contribution in [0, 0.1) is 6.92 Å². The van der Waals surface area contributed by atoms with Gasteiger partial charge in [0.25, 0.3) is 0 Å². The maximum atomic E-state index is 12.2. The third-order valence-corrected chi connectivity index (χ3v) is 6.33. The van der Waals surface area contributed by atoms with Crippen LogP contribution in [0.4, 0.5) is 17.2 Å². The predicted molar refractivity (Wildman–Crippen MR) is 128 cm³/mol. The van der Waals surface area contributed by atoms with Crippen molar-refractivity contribution in [3.8, 4) is 0 Å². The van der Waals surface area contributed by atoms with Crippen LogP contribution < -0.4 is 15.1 Å². The summed E-state index contributed by atoms with van der Waals surface area (Å²) in [6, 6.07) is 19.9. The van der Waals surface area contributed by atoms with E-state index in [1.54, 1.807) is 0 Å². The monoisotopic (exact) mass is 453 g/mol. The van der Waals surface area contributed by atoms with Gasteiger partial charge < -0.3 is 15.1 Å². The number of carbonyl (C=O) groups excluding carboxylic acids is 1. The number of aryl methyl sites for hydroxylation is 1. The number of hydrogen-bond acceptors (Lipinski definition) is 6. The van der Waals surface area contributed by atoms with Crippen LogP contribution in [0.3, 0.4) is 0 Å². The highest BCUT2D eigenvalue weighted by Gasteiger charge is 2.18. The Balaban J connectivity index is 1.26. The predicted octanol–water partition coefficient (Wildman–Crippen LogP) is 4.50. The van der Waals surface area contributed by atoms with Crippen LogP contribution in [0.5, 0.6) is 0 Å². The van der Waals surface area contributed by atoms with Gasteiger partial charge in [0.05, 0.1) is 16.5 Å². The number of halogens is 1. The van der Waals surface area contributed by atoms with E-state index in [4.69, 9.17) is 11.6 Å². The number of hydrogen-bond donors (Lipinski definition) is 1. The number of amides is 1. The maximum Gasteiger partial charge on any atom is 0.234 e. The van der Waals surface area contributed by atoms with E-state index in [9.17, 15) is 4.79 Å². The zero-order valence-corrected chi connectivity index (χ0v) is 18.9. The van der Waals surface area contributed by atoms with Crippen molar-refractivity contribution in [1.29, 1.82) is 0 Å². The van der Waals surface area contributed by atoms with Crippen molar-refractivity contribution < 1.29 is 4.79 Å². The number of aromatic nitrogens is 2. The summed E-state index contributed by atoms with van der Waals surface area (Å²) in [6.45, 7) is 5.65. The zero-order valence-electron chi connectivity index (χ0n) is 17.3. The van der Waals surface area contributed by atoms with E-state index in [1.807, 2.05) is 43.3 Å². The highest BCUT2D eigenvalue weighted by atomic mass is 35.5. The second-order valence-electron chi connectivity index (χ2n) is 7.36. The lowest BCUT2D eigenvalue weighted by atomic mass is 10.2. The summed E-state index contributed by atoms with van der Waals surface area (Å²) >= 11 is 7.53. The molecule has 1 aromatic heterocycles. The average molecular weight is 454 g/mol. The molecule has 2 aromatic carbocycles. The highest BCUT2D eigenvalue weighted by molar-refractivity contribution is 7.99. The summed E-state index contributed by atoms with van der Waals surface area (Å²) in [5, 5.41) is 12.8. The fourth-order valence-corrected chi connectivity index (χ4v) is 4.33. The van der Waals surface area contributed by atoms with Gasteiger partial charge in [-0.1, -0.05) is 47.6 Å². The largest absolute Gasteiger partial charge is 0.368 e. The van der Waals surface area contributed by atoms with Crippen LogP contribution in [-0.4, -0.2) is 48.0 Å². The molecule has 31 heavy (non-hydrogen) atoms. The summed E-state index contributed by atoms with van der Waals surface area (Å²) in [7, 11) is 0. The number of para-hydroxylation sites is 1. The Morgan fingerprint density at radius 3 is 2.42 bits per heavy atom. The molecule has 0 radical (unpaired) electrons. The first kappa shape index (κ1) is 21.5. The number of thioether (sulfide) groups is 1. The second kappa shape index (κ2) is 10.0. The number of benzene rings is 2. The molecule has 1 amide bonds. The van der Waals surface area contributed by atoms with Gasteiger partial charge in [-0.15, -0.1) is 10.2 Å². The van der Waals surface area contributed by atoms with E-state index in [-0.39, 0.29) is 11.7 Å². The van der Waals surface area contributed by atoms with Crippen LogP contribution in [0.15, 0.2) is 65.7 Å². The van der Waals surface area contributed by atoms with Crippen LogP contribution in [0.2, 0.25) is 5.02 Å². The minimum absolute atomic E-state index is 0.126. The molecule has 1 saturated heterocycles. The van der Waals surface area contributed by atoms with E-state index >= 15 is 0 Å². The Morgan fingerprint density at radius 2 is 1.74 bits per heavy atom. The third-order valence-electron chi connectivity index (χ3n) is 5.10. The highest BCUT2D eigenvalue weighted by Crippen LogP contribution is 2.24. The minimum Gasteiger partial charge on any atom is -0.368 e. The molecule has 1 aliphatic rings. The van der Waals surface area contributed by atoms with Crippen molar-refractivity contribution in [1.82, 2.24) is 10.2 Å². The smallest absolute Gasteiger partial charge is 0.234 e. The number of rotatable bonds is 6. The fraction of sp³-hybridized carbons (Fsp3) is 0.261. The van der Waals surface area contributed by atoms with E-state index in [2.05, 4.69) is 49.6 Å². The molecule has 0 aliphatic carbocycles. The van der Waals surface area contributed by atoms with Gasteiger partial charge in [0.1, 0.15) is 5.03 Å². The molecule has 0 bridgehead atoms. The molecule has 3 aromatic rings. The van der Waals surface area contributed by atoms with Crippen molar-refractivity contribution >= 4 is 46.5 Å². The van der Waals surface area contributed by atoms with Crippen molar-refractivity contribution in [2.45, 2.75) is 11.9 Å². The summed E-state index contributed by atoms with van der Waals surface area (Å²) in [4.78, 5) is 16.9. The van der Waals surface area contributed by atoms with Crippen molar-refractivity contribution in [3.05, 3.63) is 71.2 Å². The summed E-state index contributed by atoms with van der Waals surface area (Å²) < 4.78 is 0. The lowest BCUT2D eigenvalue weighted by molar-refractivity contribution is -0.113. The van der Waals surface area contributed by atoms with Gasteiger partial charge in [0.2, 0.25) is 5.91 Å². The Bertz CT molecular complexity index is 1020. The lowest BCUT2D eigenvalue weighted by Crippen LogP contribution is -2.46. The average Bonchev–Trinajstić information content (AvgIpc) is 2.81. The molecule has 0 atom stereocenters. The summed E-state index contributed by atoms with van der Waals surface area (Å²) in [5.74, 6) is 0.986. The number of nitrogens with zero attached hydrogens (tertiary/aromatic N) is 4. The topological polar surface area (TPSA) is 61.4 Å². The van der Waals surface area contributed by atoms with Gasteiger partial charge >= 0.3 is 0 Å².